The Balaban J connectivity index is 1.23. The topological polar surface area (TPSA) is 3.24 Å². The van der Waals surface area contributed by atoms with Gasteiger partial charge < -0.3 is 0 Å². The van der Waals surface area contributed by atoms with Crippen molar-refractivity contribution in [2.75, 3.05) is 4.90 Å². The molecule has 0 saturated carbocycles. The van der Waals surface area contributed by atoms with Crippen LogP contribution >= 0.6 is 0 Å². The number of rotatable bonds is 5. The summed E-state index contributed by atoms with van der Waals surface area (Å²) in [4.78, 5) is 2.34. The Hall–Kier alpha value is -4.88. The second-order valence-corrected chi connectivity index (χ2v) is 12.8. The van der Waals surface area contributed by atoms with E-state index in [0.717, 1.165) is 17.1 Å². The first kappa shape index (κ1) is 24.9. The van der Waals surface area contributed by atoms with Gasteiger partial charge in [-0.25, -0.2) is 0 Å². The first-order chi connectivity index (χ1) is 20.8. The van der Waals surface area contributed by atoms with Gasteiger partial charge in [0.25, 0.3) is 0 Å². The quantitative estimate of drug-likeness (QED) is 0.178. The third kappa shape index (κ3) is 4.43. The van der Waals surface area contributed by atoms with Crippen LogP contribution in [0, 0.1) is 0 Å². The van der Waals surface area contributed by atoms with E-state index in [1.54, 1.807) is 0 Å². The van der Waals surface area contributed by atoms with E-state index in [1.807, 2.05) is 0 Å². The minimum atomic E-state index is 0.321. The van der Waals surface area contributed by atoms with Crippen molar-refractivity contribution in [3.05, 3.63) is 164 Å². The molecule has 42 heavy (non-hydrogen) atoms. The zero-order chi connectivity index (χ0) is 27.9. The molecule has 8 aromatic rings. The standard InChI is InChI=1S/C40H27NSe/c1-3-10-28(11-4-1)29-20-23-34(24-21-29)41(33-13-5-2-6-14-33)35-15-9-12-31(26-35)32-19-18-30-22-25-37-36-16-7-8-17-39(36)42-40(37)38(30)27-32/h1-27H. The number of fused-ring (bicyclic) bond motifs is 5. The summed E-state index contributed by atoms with van der Waals surface area (Å²) in [6, 6.07) is 59.5. The van der Waals surface area contributed by atoms with Gasteiger partial charge in [0.2, 0.25) is 0 Å². The largest absolute Gasteiger partial charge is 0.0617 e. The molecule has 0 atom stereocenters. The molecular formula is C40H27NSe. The predicted molar refractivity (Wildman–Crippen MR) is 181 cm³/mol. The van der Waals surface area contributed by atoms with Crippen molar-refractivity contribution in [3.8, 4) is 22.3 Å². The molecule has 0 aliphatic heterocycles. The number of anilines is 3. The van der Waals surface area contributed by atoms with Gasteiger partial charge in [0.1, 0.15) is 0 Å². The van der Waals surface area contributed by atoms with Crippen molar-refractivity contribution in [2.24, 2.45) is 0 Å². The molecule has 0 spiro atoms. The van der Waals surface area contributed by atoms with Crippen molar-refractivity contribution >= 4 is 61.6 Å². The van der Waals surface area contributed by atoms with Crippen LogP contribution in [-0.4, -0.2) is 14.5 Å². The number of benzene rings is 7. The van der Waals surface area contributed by atoms with Crippen LogP contribution in [0.15, 0.2) is 164 Å². The van der Waals surface area contributed by atoms with Crippen LogP contribution in [0.25, 0.3) is 52.3 Å². The van der Waals surface area contributed by atoms with Gasteiger partial charge in [-0.1, -0.05) is 30.3 Å². The van der Waals surface area contributed by atoms with E-state index in [4.69, 9.17) is 0 Å². The molecule has 8 rings (SSSR count). The summed E-state index contributed by atoms with van der Waals surface area (Å²) in [6.07, 6.45) is 0. The Morgan fingerprint density at radius 1 is 0.357 bits per heavy atom. The fourth-order valence-corrected chi connectivity index (χ4v) is 8.54. The Kier molecular flexibility index (Phi) is 6.22. The summed E-state index contributed by atoms with van der Waals surface area (Å²) in [5, 5.41) is 5.49. The van der Waals surface area contributed by atoms with Gasteiger partial charge in [-0.2, -0.15) is 0 Å². The molecular weight excluding hydrogens is 573 g/mol. The average molecular weight is 601 g/mol. The van der Waals surface area contributed by atoms with Crippen LogP contribution in [0.4, 0.5) is 17.1 Å². The summed E-state index contributed by atoms with van der Waals surface area (Å²) in [5.41, 5.74) is 8.32. The minimum absolute atomic E-state index is 0.321. The second kappa shape index (κ2) is 10.5. The SMILES string of the molecule is c1ccc(-c2ccc(N(c3ccccc3)c3cccc(-c4ccc5ccc6c7ccccc7[se]c6c5c4)c3)cc2)cc1. The first-order valence-corrected chi connectivity index (χ1v) is 16.0. The van der Waals surface area contributed by atoms with Crippen LogP contribution in [0.3, 0.4) is 0 Å². The fraction of sp³-hybridized carbons (Fsp3) is 0. The number of para-hydroxylation sites is 1. The van der Waals surface area contributed by atoms with E-state index in [-0.39, 0.29) is 0 Å². The Morgan fingerprint density at radius 3 is 1.79 bits per heavy atom. The monoisotopic (exact) mass is 601 g/mol. The molecule has 0 unspecified atom stereocenters. The normalized spacial score (nSPS) is 11.3. The summed E-state index contributed by atoms with van der Waals surface area (Å²) >= 11 is 0.321. The third-order valence-electron chi connectivity index (χ3n) is 8.05. The average Bonchev–Trinajstić information content (AvgIpc) is 3.45. The minimum Gasteiger partial charge on any atom is -0.0617 e. The van der Waals surface area contributed by atoms with Crippen LogP contribution in [0.5, 0.6) is 0 Å². The number of hydrogen-bond donors (Lipinski definition) is 0. The Morgan fingerprint density at radius 2 is 0.952 bits per heavy atom. The zero-order valence-electron chi connectivity index (χ0n) is 22.9. The van der Waals surface area contributed by atoms with Gasteiger partial charge in [-0.3, -0.25) is 0 Å². The molecule has 0 aliphatic carbocycles. The summed E-state index contributed by atoms with van der Waals surface area (Å²) in [6.45, 7) is 0. The number of hydrogen-bond acceptors (Lipinski definition) is 1. The van der Waals surface area contributed by atoms with E-state index in [9.17, 15) is 0 Å². The summed E-state index contributed by atoms with van der Waals surface area (Å²) < 4.78 is 2.99. The van der Waals surface area contributed by atoms with Gasteiger partial charge in [0.15, 0.2) is 0 Å². The second-order valence-electron chi connectivity index (χ2n) is 10.6. The maximum Gasteiger partial charge on any atom is -0.0544 e. The van der Waals surface area contributed by atoms with Gasteiger partial charge in [0.05, 0.1) is 0 Å². The molecule has 1 heterocycles. The molecule has 7 aromatic carbocycles. The molecule has 198 valence electrons. The Labute approximate surface area is 251 Å². The molecule has 0 saturated heterocycles. The van der Waals surface area contributed by atoms with E-state index >= 15 is 0 Å². The summed E-state index contributed by atoms with van der Waals surface area (Å²) in [5.74, 6) is 0. The van der Waals surface area contributed by atoms with E-state index in [2.05, 4.69) is 169 Å². The predicted octanol–water partition coefficient (Wildman–Crippen LogP) is 11.0. The summed E-state index contributed by atoms with van der Waals surface area (Å²) in [7, 11) is 0. The van der Waals surface area contributed by atoms with Crippen LogP contribution in [0.2, 0.25) is 0 Å². The van der Waals surface area contributed by atoms with Crippen molar-refractivity contribution < 1.29 is 0 Å². The molecule has 0 amide bonds. The molecule has 0 N–H and O–H groups in total. The molecule has 0 fully saturated rings. The first-order valence-electron chi connectivity index (χ1n) is 14.3. The maximum absolute atomic E-state index is 2.41. The Bertz CT molecular complexity index is 2180. The molecule has 1 nitrogen and oxygen atoms in total. The van der Waals surface area contributed by atoms with Crippen LogP contribution < -0.4 is 4.90 Å². The van der Waals surface area contributed by atoms with Crippen LogP contribution in [-0.2, 0) is 0 Å². The van der Waals surface area contributed by atoms with Gasteiger partial charge >= 0.3 is 217 Å². The van der Waals surface area contributed by atoms with Gasteiger partial charge in [-0.15, -0.1) is 0 Å². The van der Waals surface area contributed by atoms with Gasteiger partial charge in [0, 0.05) is 0 Å². The molecule has 0 radical (unpaired) electrons. The zero-order valence-corrected chi connectivity index (χ0v) is 24.7. The smallest absolute Gasteiger partial charge is 0.0544 e. The van der Waals surface area contributed by atoms with E-state index in [1.165, 1.54) is 52.3 Å². The molecule has 0 bridgehead atoms. The van der Waals surface area contributed by atoms with Crippen molar-refractivity contribution in [1.82, 2.24) is 0 Å². The molecule has 1 aromatic heterocycles. The molecule has 0 aliphatic rings. The fourth-order valence-electron chi connectivity index (χ4n) is 5.96. The van der Waals surface area contributed by atoms with E-state index in [0.29, 0.717) is 14.5 Å². The number of nitrogens with zero attached hydrogens (tertiary/aromatic N) is 1. The molecule has 2 heteroatoms. The van der Waals surface area contributed by atoms with Gasteiger partial charge in [-0.05, 0) is 5.56 Å². The van der Waals surface area contributed by atoms with Crippen molar-refractivity contribution in [1.29, 1.82) is 0 Å². The van der Waals surface area contributed by atoms with Crippen LogP contribution in [0.1, 0.15) is 0 Å². The third-order valence-corrected chi connectivity index (χ3v) is 10.6. The van der Waals surface area contributed by atoms with Crippen molar-refractivity contribution in [2.45, 2.75) is 0 Å². The van der Waals surface area contributed by atoms with E-state index < -0.39 is 0 Å². The maximum atomic E-state index is 2.41. The van der Waals surface area contributed by atoms with Crippen molar-refractivity contribution in [3.63, 3.8) is 0 Å².